The predicted molar refractivity (Wildman–Crippen MR) is 124 cm³/mol. The number of carbonyl (C=O) groups excluding carboxylic acids is 1. The van der Waals surface area contributed by atoms with Gasteiger partial charge in [0.25, 0.3) is 5.91 Å². The lowest BCUT2D eigenvalue weighted by Gasteiger charge is -2.34. The Morgan fingerprint density at radius 2 is 1.77 bits per heavy atom. The summed E-state index contributed by atoms with van der Waals surface area (Å²) in [7, 11) is 0. The van der Waals surface area contributed by atoms with Crippen molar-refractivity contribution in [2.24, 2.45) is 5.10 Å². The Bertz CT molecular complexity index is 993. The number of piperazine rings is 1. The van der Waals surface area contributed by atoms with E-state index in [1.807, 2.05) is 6.07 Å². The topological polar surface area (TPSA) is 40.4 Å². The van der Waals surface area contributed by atoms with Crippen LogP contribution in [0.5, 0.6) is 0 Å². The van der Waals surface area contributed by atoms with Crippen molar-refractivity contribution in [3.63, 3.8) is 0 Å². The molecule has 0 aliphatic carbocycles. The maximum absolute atomic E-state index is 13.3. The molecule has 154 valence electrons. The number of quaternary nitrogens is 1. The van der Waals surface area contributed by atoms with Crippen LogP contribution >= 0.6 is 22.7 Å². The SMILES string of the molecule is O=C(C[NH+]1CCN(c2ccccc2)CC1)N1N=C(c2cccs2)C[C@@H]1c1cccs1. The van der Waals surface area contributed by atoms with E-state index in [9.17, 15) is 4.79 Å². The minimum absolute atomic E-state index is 0.0274. The summed E-state index contributed by atoms with van der Waals surface area (Å²) in [6, 6.07) is 18.9. The fraction of sp³-hybridized carbons (Fsp3) is 0.304. The van der Waals surface area contributed by atoms with Gasteiger partial charge < -0.3 is 9.80 Å². The fourth-order valence-electron chi connectivity index (χ4n) is 4.23. The summed E-state index contributed by atoms with van der Waals surface area (Å²) < 4.78 is 0. The van der Waals surface area contributed by atoms with E-state index in [1.54, 1.807) is 27.7 Å². The van der Waals surface area contributed by atoms with Crippen molar-refractivity contribution in [1.29, 1.82) is 0 Å². The number of nitrogens with zero attached hydrogens (tertiary/aromatic N) is 3. The molecule has 0 radical (unpaired) electrons. The molecule has 2 aliphatic rings. The van der Waals surface area contributed by atoms with E-state index in [1.165, 1.54) is 15.5 Å². The molecule has 0 bridgehead atoms. The summed E-state index contributed by atoms with van der Waals surface area (Å²) >= 11 is 3.40. The Hall–Kier alpha value is -2.48. The molecule has 30 heavy (non-hydrogen) atoms. The molecule has 1 amide bonds. The number of nitrogens with one attached hydrogen (secondary N) is 1. The van der Waals surface area contributed by atoms with Gasteiger partial charge in [-0.25, -0.2) is 5.01 Å². The maximum Gasteiger partial charge on any atom is 0.298 e. The van der Waals surface area contributed by atoms with Gasteiger partial charge in [0.2, 0.25) is 0 Å². The highest BCUT2D eigenvalue weighted by atomic mass is 32.1. The molecule has 1 saturated heterocycles. The largest absolute Gasteiger partial charge is 0.360 e. The molecule has 3 aromatic rings. The third kappa shape index (κ3) is 4.05. The van der Waals surface area contributed by atoms with Gasteiger partial charge in [-0.15, -0.1) is 22.7 Å². The first-order valence-electron chi connectivity index (χ1n) is 10.4. The Labute approximate surface area is 184 Å². The predicted octanol–water partition coefficient (Wildman–Crippen LogP) is 2.89. The van der Waals surface area contributed by atoms with Crippen LogP contribution in [0.2, 0.25) is 0 Å². The molecule has 4 heterocycles. The summed E-state index contributed by atoms with van der Waals surface area (Å²) in [6.45, 7) is 4.40. The molecule has 5 nitrogen and oxygen atoms in total. The van der Waals surface area contributed by atoms with Crippen LogP contribution in [0.3, 0.4) is 0 Å². The second-order valence-electron chi connectivity index (χ2n) is 7.75. The number of hydrogen-bond donors (Lipinski definition) is 1. The zero-order valence-corrected chi connectivity index (χ0v) is 18.4. The van der Waals surface area contributed by atoms with Crippen LogP contribution in [0.1, 0.15) is 22.2 Å². The monoisotopic (exact) mass is 437 g/mol. The smallest absolute Gasteiger partial charge is 0.298 e. The molecule has 7 heteroatoms. The van der Waals surface area contributed by atoms with Crippen LogP contribution < -0.4 is 9.80 Å². The standard InChI is InChI=1S/C23H24N4OS2/c28-23(17-25-10-12-26(13-11-25)18-6-2-1-3-7-18)27-20(22-9-5-15-30-22)16-19(24-27)21-8-4-14-29-21/h1-9,14-15,20H,10-13,16-17H2/p+1/t20-/m1/s1. The van der Waals surface area contributed by atoms with Crippen LogP contribution in [-0.4, -0.2) is 49.4 Å². The van der Waals surface area contributed by atoms with Gasteiger partial charge in [-0.05, 0) is 35.0 Å². The van der Waals surface area contributed by atoms with Gasteiger partial charge in [-0.1, -0.05) is 30.3 Å². The number of thiophene rings is 2. The van der Waals surface area contributed by atoms with Crippen molar-refractivity contribution >= 4 is 40.0 Å². The van der Waals surface area contributed by atoms with E-state index in [0.717, 1.165) is 43.2 Å². The first kappa shape index (κ1) is 19.5. The van der Waals surface area contributed by atoms with Gasteiger partial charge in [0, 0.05) is 17.0 Å². The molecule has 2 aromatic heterocycles. The summed E-state index contributed by atoms with van der Waals surface area (Å²) in [5.41, 5.74) is 2.30. The Morgan fingerprint density at radius 3 is 2.47 bits per heavy atom. The molecule has 1 N–H and O–H groups in total. The molecule has 1 fully saturated rings. The van der Waals surface area contributed by atoms with Crippen molar-refractivity contribution in [2.75, 3.05) is 37.6 Å². The van der Waals surface area contributed by atoms with E-state index in [2.05, 4.69) is 64.2 Å². The van der Waals surface area contributed by atoms with Crippen molar-refractivity contribution in [3.05, 3.63) is 75.1 Å². The lowest BCUT2D eigenvalue weighted by molar-refractivity contribution is -0.892. The molecule has 0 spiro atoms. The fourth-order valence-corrected chi connectivity index (χ4v) is 5.76. The molecular weight excluding hydrogens is 412 g/mol. The lowest BCUT2D eigenvalue weighted by atomic mass is 10.1. The molecule has 0 saturated carbocycles. The number of hydrazone groups is 1. The molecule has 5 rings (SSSR count). The van der Waals surface area contributed by atoms with Crippen molar-refractivity contribution in [1.82, 2.24) is 5.01 Å². The summed E-state index contributed by atoms with van der Waals surface area (Å²) in [4.78, 5) is 19.4. The van der Waals surface area contributed by atoms with Crippen LogP contribution in [0.15, 0.2) is 70.5 Å². The third-order valence-electron chi connectivity index (χ3n) is 5.84. The van der Waals surface area contributed by atoms with E-state index >= 15 is 0 Å². The normalized spacial score (nSPS) is 19.9. The Morgan fingerprint density at radius 1 is 1.00 bits per heavy atom. The Balaban J connectivity index is 1.26. The average Bonchev–Trinajstić information content (AvgIpc) is 3.56. The minimum Gasteiger partial charge on any atom is -0.360 e. The lowest BCUT2D eigenvalue weighted by Crippen LogP contribution is -3.15. The van der Waals surface area contributed by atoms with Gasteiger partial charge in [0.15, 0.2) is 6.54 Å². The second kappa shape index (κ2) is 8.71. The van der Waals surface area contributed by atoms with E-state index in [4.69, 9.17) is 5.10 Å². The number of carbonyl (C=O) groups is 1. The van der Waals surface area contributed by atoms with Crippen LogP contribution in [0.4, 0.5) is 5.69 Å². The average molecular weight is 438 g/mol. The summed E-state index contributed by atoms with van der Waals surface area (Å²) in [6.07, 6.45) is 0.796. The van der Waals surface area contributed by atoms with Crippen molar-refractivity contribution in [2.45, 2.75) is 12.5 Å². The highest BCUT2D eigenvalue weighted by molar-refractivity contribution is 7.12. The van der Waals surface area contributed by atoms with Crippen LogP contribution in [0.25, 0.3) is 0 Å². The first-order valence-corrected chi connectivity index (χ1v) is 12.1. The van der Waals surface area contributed by atoms with Crippen molar-refractivity contribution in [3.8, 4) is 0 Å². The molecule has 0 unspecified atom stereocenters. The highest BCUT2D eigenvalue weighted by Gasteiger charge is 2.36. The molecule has 1 aromatic carbocycles. The zero-order valence-electron chi connectivity index (χ0n) is 16.7. The van der Waals surface area contributed by atoms with Gasteiger partial charge in [0.1, 0.15) is 0 Å². The number of anilines is 1. The Kier molecular flexibility index (Phi) is 5.66. The quantitative estimate of drug-likeness (QED) is 0.667. The van der Waals surface area contributed by atoms with E-state index < -0.39 is 0 Å². The van der Waals surface area contributed by atoms with Crippen molar-refractivity contribution < 1.29 is 9.69 Å². The van der Waals surface area contributed by atoms with E-state index in [-0.39, 0.29) is 11.9 Å². The zero-order chi connectivity index (χ0) is 20.3. The number of hydrogen-bond acceptors (Lipinski definition) is 5. The summed E-state index contributed by atoms with van der Waals surface area (Å²) in [5.74, 6) is 0.128. The third-order valence-corrected chi connectivity index (χ3v) is 7.73. The molecular formula is C23H25N4OS2+. The molecule has 2 aliphatic heterocycles. The minimum atomic E-state index is 0.0274. The van der Waals surface area contributed by atoms with Gasteiger partial charge >= 0.3 is 0 Å². The van der Waals surface area contributed by atoms with Gasteiger partial charge in [-0.2, -0.15) is 5.10 Å². The van der Waals surface area contributed by atoms with Crippen LogP contribution in [0, 0.1) is 0 Å². The maximum atomic E-state index is 13.3. The van der Waals surface area contributed by atoms with Gasteiger partial charge in [-0.3, -0.25) is 4.79 Å². The number of benzene rings is 1. The van der Waals surface area contributed by atoms with Gasteiger partial charge in [0.05, 0.1) is 42.8 Å². The first-order chi connectivity index (χ1) is 14.8. The highest BCUT2D eigenvalue weighted by Crippen LogP contribution is 2.35. The molecule has 1 atom stereocenters. The second-order valence-corrected chi connectivity index (χ2v) is 9.67. The number of para-hydroxylation sites is 1. The number of rotatable bonds is 5. The van der Waals surface area contributed by atoms with Crippen LogP contribution in [-0.2, 0) is 4.79 Å². The number of amides is 1. The van der Waals surface area contributed by atoms with E-state index in [0.29, 0.717) is 6.54 Å². The summed E-state index contributed by atoms with van der Waals surface area (Å²) in [5, 5.41) is 10.7.